The molecule has 3 N–H and O–H groups in total. The van der Waals surface area contributed by atoms with E-state index >= 15 is 0 Å². The SMILES string of the molecule is COc1ccc(OC)c(NC(N)=NCC2CCN(C)C2c2ccc(Cl)c(F)c2)c1.I. The number of anilines is 1. The first-order valence-corrected chi connectivity index (χ1v) is 9.75. The highest BCUT2D eigenvalue weighted by molar-refractivity contribution is 14.0. The van der Waals surface area contributed by atoms with Gasteiger partial charge in [0, 0.05) is 18.7 Å². The smallest absolute Gasteiger partial charge is 0.193 e. The van der Waals surface area contributed by atoms with Crippen molar-refractivity contribution in [2.24, 2.45) is 16.6 Å². The number of likely N-dealkylation sites (tertiary alicyclic amines) is 1. The molecule has 164 valence electrons. The Balaban J connectivity index is 0.00000320. The zero-order valence-electron chi connectivity index (χ0n) is 17.2. The molecule has 0 aliphatic carbocycles. The van der Waals surface area contributed by atoms with Crippen molar-refractivity contribution in [2.45, 2.75) is 12.5 Å². The third-order valence-corrected chi connectivity index (χ3v) is 5.53. The summed E-state index contributed by atoms with van der Waals surface area (Å²) in [5, 5.41) is 3.20. The maximum absolute atomic E-state index is 13.9. The number of nitrogens with two attached hydrogens (primary N) is 1. The average molecular weight is 549 g/mol. The molecule has 0 spiro atoms. The molecule has 2 unspecified atom stereocenters. The summed E-state index contributed by atoms with van der Waals surface area (Å²) >= 11 is 5.83. The van der Waals surface area contributed by atoms with Crippen molar-refractivity contribution < 1.29 is 13.9 Å². The van der Waals surface area contributed by atoms with Gasteiger partial charge in [0.1, 0.15) is 17.3 Å². The summed E-state index contributed by atoms with van der Waals surface area (Å²) in [4.78, 5) is 6.73. The lowest BCUT2D eigenvalue weighted by Crippen LogP contribution is -2.26. The van der Waals surface area contributed by atoms with E-state index in [4.69, 9.17) is 26.8 Å². The number of rotatable bonds is 6. The standard InChI is InChI=1S/C21H26ClFN4O2.HI/c1-27-9-8-14(20(27)13-4-6-16(22)17(23)10-13)12-25-21(24)26-18-11-15(28-2)5-7-19(18)29-3;/h4-7,10-11,14,20H,8-9,12H2,1-3H3,(H3,24,25,26);1H. The highest BCUT2D eigenvalue weighted by Crippen LogP contribution is 2.37. The normalized spacial score (nSPS) is 19.3. The van der Waals surface area contributed by atoms with Gasteiger partial charge in [-0.1, -0.05) is 17.7 Å². The van der Waals surface area contributed by atoms with Crippen LogP contribution >= 0.6 is 35.6 Å². The lowest BCUT2D eigenvalue weighted by Gasteiger charge is -2.25. The molecule has 0 saturated carbocycles. The van der Waals surface area contributed by atoms with E-state index in [2.05, 4.69) is 15.2 Å². The maximum atomic E-state index is 13.9. The van der Waals surface area contributed by atoms with E-state index in [0.29, 0.717) is 23.7 Å². The van der Waals surface area contributed by atoms with Crippen molar-refractivity contribution in [2.75, 3.05) is 39.7 Å². The van der Waals surface area contributed by atoms with Crippen molar-refractivity contribution in [3.05, 3.63) is 52.8 Å². The fraction of sp³-hybridized carbons (Fsp3) is 0.381. The second-order valence-corrected chi connectivity index (χ2v) is 7.47. The van der Waals surface area contributed by atoms with Gasteiger partial charge in [0.05, 0.1) is 24.9 Å². The van der Waals surface area contributed by atoms with Gasteiger partial charge in [-0.15, -0.1) is 24.0 Å². The molecule has 2 atom stereocenters. The largest absolute Gasteiger partial charge is 0.497 e. The van der Waals surface area contributed by atoms with Gasteiger partial charge in [0.25, 0.3) is 0 Å². The third-order valence-electron chi connectivity index (χ3n) is 5.22. The Morgan fingerprint density at radius 1 is 1.27 bits per heavy atom. The molecule has 3 rings (SSSR count). The fourth-order valence-electron chi connectivity index (χ4n) is 3.75. The number of guanidine groups is 1. The van der Waals surface area contributed by atoms with E-state index in [1.54, 1.807) is 32.4 Å². The number of nitrogens with zero attached hydrogens (tertiary/aromatic N) is 2. The minimum absolute atomic E-state index is 0. The molecule has 0 aromatic heterocycles. The Labute approximate surface area is 198 Å². The van der Waals surface area contributed by atoms with Gasteiger partial charge in [0.15, 0.2) is 5.96 Å². The fourth-order valence-corrected chi connectivity index (χ4v) is 3.86. The lowest BCUT2D eigenvalue weighted by atomic mass is 9.94. The molecule has 2 aromatic rings. The summed E-state index contributed by atoms with van der Waals surface area (Å²) < 4.78 is 24.5. The molecule has 30 heavy (non-hydrogen) atoms. The Morgan fingerprint density at radius 2 is 2.03 bits per heavy atom. The number of hydrogen-bond donors (Lipinski definition) is 2. The monoisotopic (exact) mass is 548 g/mol. The first kappa shape index (κ1) is 24.5. The number of halogens is 3. The predicted octanol–water partition coefficient (Wildman–Crippen LogP) is 4.53. The second-order valence-electron chi connectivity index (χ2n) is 7.06. The van der Waals surface area contributed by atoms with Crippen molar-refractivity contribution in [1.82, 2.24) is 4.90 Å². The van der Waals surface area contributed by atoms with Crippen LogP contribution in [0.3, 0.4) is 0 Å². The Hall–Kier alpha value is -1.78. The quantitative estimate of drug-likeness (QED) is 0.315. The van der Waals surface area contributed by atoms with E-state index in [1.807, 2.05) is 19.2 Å². The Morgan fingerprint density at radius 3 is 2.70 bits per heavy atom. The molecule has 0 radical (unpaired) electrons. The van der Waals surface area contributed by atoms with Gasteiger partial charge in [-0.05, 0) is 55.8 Å². The zero-order valence-corrected chi connectivity index (χ0v) is 20.3. The summed E-state index contributed by atoms with van der Waals surface area (Å²) in [5.41, 5.74) is 7.68. The van der Waals surface area contributed by atoms with E-state index in [-0.39, 0.29) is 46.9 Å². The van der Waals surface area contributed by atoms with Gasteiger partial charge in [-0.2, -0.15) is 0 Å². The molecular weight excluding hydrogens is 522 g/mol. The van der Waals surface area contributed by atoms with Gasteiger partial charge in [-0.3, -0.25) is 9.89 Å². The van der Waals surface area contributed by atoms with Crippen LogP contribution in [0.5, 0.6) is 11.5 Å². The van der Waals surface area contributed by atoms with Crippen molar-refractivity contribution in [3.8, 4) is 11.5 Å². The van der Waals surface area contributed by atoms with Crippen LogP contribution in [0.25, 0.3) is 0 Å². The highest BCUT2D eigenvalue weighted by atomic mass is 127. The molecule has 0 amide bonds. The third kappa shape index (κ3) is 5.67. The number of nitrogens with one attached hydrogen (secondary N) is 1. The molecule has 1 saturated heterocycles. The van der Waals surface area contributed by atoms with E-state index < -0.39 is 5.82 Å². The topological polar surface area (TPSA) is 72.1 Å². The van der Waals surface area contributed by atoms with Crippen LogP contribution in [0.2, 0.25) is 5.02 Å². The van der Waals surface area contributed by atoms with Crippen LogP contribution in [0.1, 0.15) is 18.0 Å². The predicted molar refractivity (Wildman–Crippen MR) is 130 cm³/mol. The minimum atomic E-state index is -0.405. The number of ether oxygens (including phenoxy) is 2. The summed E-state index contributed by atoms with van der Waals surface area (Å²) in [5.74, 6) is 1.42. The molecule has 1 fully saturated rings. The highest BCUT2D eigenvalue weighted by Gasteiger charge is 2.33. The van der Waals surface area contributed by atoms with Crippen molar-refractivity contribution >= 4 is 47.2 Å². The molecule has 1 heterocycles. The zero-order chi connectivity index (χ0) is 21.0. The summed E-state index contributed by atoms with van der Waals surface area (Å²) in [6.07, 6.45) is 0.949. The first-order chi connectivity index (χ1) is 13.9. The Kier molecular flexibility index (Phi) is 8.99. The summed E-state index contributed by atoms with van der Waals surface area (Å²) in [7, 11) is 5.22. The van der Waals surface area contributed by atoms with Crippen LogP contribution in [0, 0.1) is 11.7 Å². The van der Waals surface area contributed by atoms with E-state index in [0.717, 1.165) is 18.5 Å². The number of methoxy groups -OCH3 is 2. The molecule has 6 nitrogen and oxygen atoms in total. The molecule has 9 heteroatoms. The van der Waals surface area contributed by atoms with Gasteiger partial charge >= 0.3 is 0 Å². The molecule has 1 aliphatic rings. The lowest BCUT2D eigenvalue weighted by molar-refractivity contribution is 0.279. The number of benzene rings is 2. The van der Waals surface area contributed by atoms with Gasteiger partial charge in [-0.25, -0.2) is 4.39 Å². The Bertz CT molecular complexity index is 899. The van der Waals surface area contributed by atoms with Crippen LogP contribution < -0.4 is 20.5 Å². The maximum Gasteiger partial charge on any atom is 0.193 e. The van der Waals surface area contributed by atoms with Gasteiger partial charge in [0.2, 0.25) is 0 Å². The first-order valence-electron chi connectivity index (χ1n) is 9.37. The van der Waals surface area contributed by atoms with Crippen LogP contribution in [-0.4, -0.2) is 45.2 Å². The number of hydrogen-bond acceptors (Lipinski definition) is 4. The molecule has 0 bridgehead atoms. The van der Waals surface area contributed by atoms with Gasteiger partial charge < -0.3 is 20.5 Å². The molecule has 2 aromatic carbocycles. The van der Waals surface area contributed by atoms with E-state index in [9.17, 15) is 4.39 Å². The molecule has 1 aliphatic heterocycles. The van der Waals surface area contributed by atoms with Crippen LogP contribution in [0.15, 0.2) is 41.4 Å². The minimum Gasteiger partial charge on any atom is -0.497 e. The summed E-state index contributed by atoms with van der Waals surface area (Å²) in [6.45, 7) is 1.43. The van der Waals surface area contributed by atoms with Crippen molar-refractivity contribution in [3.63, 3.8) is 0 Å². The van der Waals surface area contributed by atoms with E-state index in [1.165, 1.54) is 6.07 Å². The van der Waals surface area contributed by atoms with Crippen LogP contribution in [-0.2, 0) is 0 Å². The van der Waals surface area contributed by atoms with Crippen molar-refractivity contribution in [1.29, 1.82) is 0 Å². The summed E-state index contributed by atoms with van der Waals surface area (Å²) in [6, 6.07) is 10.4. The second kappa shape index (κ2) is 11.0. The molecular formula is C21H27ClFIN4O2. The number of aliphatic imine (C=N–C) groups is 1. The average Bonchev–Trinajstić information content (AvgIpc) is 3.09. The van der Waals surface area contributed by atoms with Crippen LogP contribution in [0.4, 0.5) is 10.1 Å².